The van der Waals surface area contributed by atoms with E-state index in [0.29, 0.717) is 22.2 Å². The second-order valence-corrected chi connectivity index (χ2v) is 6.28. The SMILES string of the molecule is C1CCNCC1.CC(=O)N1c2ccccc2Oc2ccc(Cl)cc21. The highest BCUT2D eigenvalue weighted by Crippen LogP contribution is 2.47. The van der Waals surface area contributed by atoms with Gasteiger partial charge in [0.05, 0.1) is 11.4 Å². The lowest BCUT2D eigenvalue weighted by Gasteiger charge is -2.30. The zero-order valence-electron chi connectivity index (χ0n) is 13.7. The third-order valence-electron chi connectivity index (χ3n) is 4.01. The van der Waals surface area contributed by atoms with Crippen LogP contribution in [0.3, 0.4) is 0 Å². The van der Waals surface area contributed by atoms with E-state index in [1.54, 1.807) is 23.1 Å². The standard InChI is InChI=1S/C14H10ClNO2.C5H11N/c1-9(17)16-11-4-2-3-5-13(11)18-14-7-6-10(15)8-12(14)16;1-2-4-6-5-3-1/h2-8H,1H3;6H,1-5H2. The van der Waals surface area contributed by atoms with E-state index < -0.39 is 0 Å². The molecule has 0 atom stereocenters. The Bertz CT molecular complexity index is 718. The molecule has 5 heteroatoms. The fourth-order valence-electron chi connectivity index (χ4n) is 2.87. The summed E-state index contributed by atoms with van der Waals surface area (Å²) in [5.74, 6) is 1.23. The summed E-state index contributed by atoms with van der Waals surface area (Å²) in [7, 11) is 0. The predicted molar refractivity (Wildman–Crippen MR) is 97.5 cm³/mol. The van der Waals surface area contributed by atoms with E-state index in [1.165, 1.54) is 39.3 Å². The monoisotopic (exact) mass is 344 g/mol. The Hall–Kier alpha value is -2.04. The number of benzene rings is 2. The first-order valence-electron chi connectivity index (χ1n) is 8.24. The minimum atomic E-state index is -0.0748. The minimum Gasteiger partial charge on any atom is -0.453 e. The van der Waals surface area contributed by atoms with Gasteiger partial charge in [-0.05, 0) is 56.3 Å². The van der Waals surface area contributed by atoms with Gasteiger partial charge in [0.1, 0.15) is 0 Å². The molecule has 0 saturated carbocycles. The van der Waals surface area contributed by atoms with Crippen LogP contribution < -0.4 is 15.0 Å². The highest BCUT2D eigenvalue weighted by Gasteiger charge is 2.26. The molecule has 126 valence electrons. The van der Waals surface area contributed by atoms with E-state index in [2.05, 4.69) is 5.32 Å². The van der Waals surface area contributed by atoms with Crippen LogP contribution in [0.4, 0.5) is 11.4 Å². The van der Waals surface area contributed by atoms with E-state index in [0.717, 1.165) is 5.69 Å². The number of anilines is 2. The smallest absolute Gasteiger partial charge is 0.228 e. The summed E-state index contributed by atoms with van der Waals surface area (Å²) in [5, 5.41) is 3.86. The molecule has 1 amide bonds. The number of hydrogen-bond donors (Lipinski definition) is 1. The maximum Gasteiger partial charge on any atom is 0.228 e. The largest absolute Gasteiger partial charge is 0.453 e. The van der Waals surface area contributed by atoms with Crippen molar-refractivity contribution in [1.29, 1.82) is 0 Å². The molecule has 2 heterocycles. The molecule has 1 saturated heterocycles. The Morgan fingerprint density at radius 3 is 2.38 bits per heavy atom. The highest BCUT2D eigenvalue weighted by atomic mass is 35.5. The highest BCUT2D eigenvalue weighted by molar-refractivity contribution is 6.31. The average molecular weight is 345 g/mol. The van der Waals surface area contributed by atoms with Gasteiger partial charge in [-0.3, -0.25) is 9.69 Å². The van der Waals surface area contributed by atoms with Gasteiger partial charge in [0.2, 0.25) is 5.91 Å². The molecular formula is C19H21ClN2O2. The van der Waals surface area contributed by atoms with Crippen LogP contribution in [-0.4, -0.2) is 19.0 Å². The van der Waals surface area contributed by atoms with E-state index in [9.17, 15) is 4.79 Å². The third kappa shape index (κ3) is 3.71. The molecule has 0 aliphatic carbocycles. The van der Waals surface area contributed by atoms with Gasteiger partial charge in [0.25, 0.3) is 0 Å². The van der Waals surface area contributed by atoms with Gasteiger partial charge in [0, 0.05) is 11.9 Å². The number of piperidine rings is 1. The number of fused-ring (bicyclic) bond motifs is 2. The average Bonchev–Trinajstić information content (AvgIpc) is 2.61. The maximum atomic E-state index is 11.9. The molecule has 2 aliphatic heterocycles. The second kappa shape index (κ2) is 7.69. The molecule has 1 N–H and O–H groups in total. The lowest BCUT2D eigenvalue weighted by atomic mass is 10.1. The van der Waals surface area contributed by atoms with Crippen molar-refractivity contribution < 1.29 is 9.53 Å². The molecule has 2 aliphatic rings. The summed E-state index contributed by atoms with van der Waals surface area (Å²) in [6.45, 7) is 4.02. The van der Waals surface area contributed by atoms with E-state index in [4.69, 9.17) is 16.3 Å². The number of nitrogens with zero attached hydrogens (tertiary/aromatic N) is 1. The second-order valence-electron chi connectivity index (χ2n) is 5.85. The molecule has 0 unspecified atom stereocenters. The first-order chi connectivity index (χ1) is 11.7. The molecular weight excluding hydrogens is 324 g/mol. The van der Waals surface area contributed by atoms with E-state index >= 15 is 0 Å². The van der Waals surface area contributed by atoms with Gasteiger partial charge in [-0.1, -0.05) is 30.2 Å². The van der Waals surface area contributed by atoms with Gasteiger partial charge >= 0.3 is 0 Å². The molecule has 1 fully saturated rings. The summed E-state index contributed by atoms with van der Waals surface area (Å²) >= 11 is 5.98. The lowest BCUT2D eigenvalue weighted by molar-refractivity contribution is -0.115. The Balaban J connectivity index is 0.000000238. The number of carbonyl (C=O) groups is 1. The zero-order chi connectivity index (χ0) is 16.9. The summed E-state index contributed by atoms with van der Waals surface area (Å²) in [5.41, 5.74) is 1.41. The van der Waals surface area contributed by atoms with Crippen LogP contribution in [0.5, 0.6) is 11.5 Å². The van der Waals surface area contributed by atoms with E-state index in [1.807, 2.05) is 24.3 Å². The summed E-state index contributed by atoms with van der Waals surface area (Å²) in [4.78, 5) is 13.5. The predicted octanol–water partition coefficient (Wildman–Crippen LogP) is 4.89. The number of halogens is 1. The first kappa shape index (κ1) is 16.8. The zero-order valence-corrected chi connectivity index (χ0v) is 14.5. The Morgan fingerprint density at radius 2 is 1.75 bits per heavy atom. The van der Waals surface area contributed by atoms with E-state index in [-0.39, 0.29) is 5.91 Å². The van der Waals surface area contributed by atoms with Crippen LogP contribution in [0.15, 0.2) is 42.5 Å². The van der Waals surface area contributed by atoms with Crippen molar-refractivity contribution in [2.75, 3.05) is 18.0 Å². The van der Waals surface area contributed by atoms with Crippen LogP contribution >= 0.6 is 11.6 Å². The molecule has 2 aromatic carbocycles. The van der Waals surface area contributed by atoms with Gasteiger partial charge < -0.3 is 10.1 Å². The summed E-state index contributed by atoms with van der Waals surface area (Å²) < 4.78 is 5.76. The van der Waals surface area contributed by atoms with Gasteiger partial charge in [0.15, 0.2) is 11.5 Å². The molecule has 4 nitrogen and oxygen atoms in total. The van der Waals surface area contributed by atoms with Gasteiger partial charge in [-0.25, -0.2) is 0 Å². The number of amides is 1. The number of para-hydroxylation sites is 2. The van der Waals surface area contributed by atoms with Crippen molar-refractivity contribution in [3.63, 3.8) is 0 Å². The molecule has 4 rings (SSSR count). The summed E-state index contributed by atoms with van der Waals surface area (Å²) in [6.07, 6.45) is 4.22. The summed E-state index contributed by atoms with van der Waals surface area (Å²) in [6, 6.07) is 12.7. The van der Waals surface area contributed by atoms with Crippen LogP contribution in [0.2, 0.25) is 5.02 Å². The molecule has 24 heavy (non-hydrogen) atoms. The molecule has 0 aromatic heterocycles. The normalized spacial score (nSPS) is 15.3. The van der Waals surface area contributed by atoms with Crippen LogP contribution in [0.1, 0.15) is 26.2 Å². The fraction of sp³-hybridized carbons (Fsp3) is 0.316. The lowest BCUT2D eigenvalue weighted by Crippen LogP contribution is -2.25. The Labute approximate surface area is 147 Å². The topological polar surface area (TPSA) is 41.6 Å². The molecule has 2 aromatic rings. The molecule has 0 spiro atoms. The van der Waals surface area contributed by atoms with Crippen molar-refractivity contribution in [3.8, 4) is 11.5 Å². The van der Waals surface area contributed by atoms with Crippen molar-refractivity contribution >= 4 is 28.9 Å². The Morgan fingerprint density at radius 1 is 1.04 bits per heavy atom. The van der Waals surface area contributed by atoms with Crippen LogP contribution in [0, 0.1) is 0 Å². The van der Waals surface area contributed by atoms with Crippen molar-refractivity contribution in [3.05, 3.63) is 47.5 Å². The van der Waals surface area contributed by atoms with Gasteiger partial charge in [-0.2, -0.15) is 0 Å². The molecule has 0 radical (unpaired) electrons. The first-order valence-corrected chi connectivity index (χ1v) is 8.62. The van der Waals surface area contributed by atoms with Crippen molar-refractivity contribution in [1.82, 2.24) is 5.32 Å². The van der Waals surface area contributed by atoms with Crippen molar-refractivity contribution in [2.45, 2.75) is 26.2 Å². The number of nitrogens with one attached hydrogen (secondary N) is 1. The van der Waals surface area contributed by atoms with Crippen LogP contribution in [0.25, 0.3) is 0 Å². The Kier molecular flexibility index (Phi) is 5.38. The van der Waals surface area contributed by atoms with Crippen molar-refractivity contribution in [2.24, 2.45) is 0 Å². The maximum absolute atomic E-state index is 11.9. The molecule has 0 bridgehead atoms. The minimum absolute atomic E-state index is 0.0748. The van der Waals surface area contributed by atoms with Gasteiger partial charge in [-0.15, -0.1) is 0 Å². The number of carbonyl (C=O) groups excluding carboxylic acids is 1. The quantitative estimate of drug-likeness (QED) is 0.739. The third-order valence-corrected chi connectivity index (χ3v) is 4.25. The number of rotatable bonds is 0. The number of ether oxygens (including phenoxy) is 1. The number of hydrogen-bond acceptors (Lipinski definition) is 3. The van der Waals surface area contributed by atoms with Crippen LogP contribution in [-0.2, 0) is 4.79 Å². The fourth-order valence-corrected chi connectivity index (χ4v) is 3.04.